The normalized spacial score (nSPS) is 11.9. The Morgan fingerprint density at radius 1 is 0.714 bits per heavy atom. The second-order valence-corrected chi connectivity index (χ2v) is 7.35. The van der Waals surface area contributed by atoms with E-state index >= 15 is 0 Å². The summed E-state index contributed by atoms with van der Waals surface area (Å²) in [4.78, 5) is 6.92. The predicted molar refractivity (Wildman–Crippen MR) is 115 cm³/mol. The minimum atomic E-state index is -0.353. The average Bonchev–Trinajstić information content (AvgIpc) is 3.38. The maximum absolute atomic E-state index is 5.54. The van der Waals surface area contributed by atoms with Crippen LogP contribution in [0.5, 0.6) is 5.75 Å². The van der Waals surface area contributed by atoms with Gasteiger partial charge in [0.05, 0.1) is 7.11 Å². The van der Waals surface area contributed by atoms with Crippen LogP contribution in [0.3, 0.4) is 0 Å². The summed E-state index contributed by atoms with van der Waals surface area (Å²) in [6.45, 7) is 2.30. The molecule has 0 saturated carbocycles. The molecule has 2 N–H and O–H groups in total. The van der Waals surface area contributed by atoms with E-state index in [9.17, 15) is 0 Å². The lowest BCUT2D eigenvalue weighted by Crippen LogP contribution is -2.25. The highest BCUT2D eigenvalue weighted by molar-refractivity contribution is 5.90. The van der Waals surface area contributed by atoms with Gasteiger partial charge in [0.15, 0.2) is 0 Å². The molecule has 0 saturated heterocycles. The van der Waals surface area contributed by atoms with Gasteiger partial charge in [0.1, 0.15) is 5.75 Å². The van der Waals surface area contributed by atoms with Crippen molar-refractivity contribution in [3.8, 4) is 5.75 Å². The van der Waals surface area contributed by atoms with E-state index in [-0.39, 0.29) is 5.41 Å². The van der Waals surface area contributed by atoms with Gasteiger partial charge in [0.2, 0.25) is 0 Å². The lowest BCUT2D eigenvalue weighted by Gasteiger charge is -2.31. The van der Waals surface area contributed by atoms with Gasteiger partial charge in [-0.15, -0.1) is 0 Å². The van der Waals surface area contributed by atoms with Crippen molar-refractivity contribution in [2.45, 2.75) is 12.3 Å². The van der Waals surface area contributed by atoms with Gasteiger partial charge in [0, 0.05) is 39.6 Å². The van der Waals surface area contributed by atoms with Crippen LogP contribution in [0.25, 0.3) is 21.8 Å². The molecule has 0 atom stereocenters. The fraction of sp³-hybridized carbons (Fsp3) is 0.120. The molecule has 0 aliphatic rings. The fourth-order valence-corrected chi connectivity index (χ4v) is 4.36. The number of H-pyrrole nitrogens is 2. The Morgan fingerprint density at radius 3 is 1.86 bits per heavy atom. The summed E-state index contributed by atoms with van der Waals surface area (Å²) in [5, 5.41) is 2.47. The zero-order chi connectivity index (χ0) is 19.1. The van der Waals surface area contributed by atoms with E-state index in [0.717, 1.165) is 16.8 Å². The Labute approximate surface area is 164 Å². The van der Waals surface area contributed by atoms with Crippen LogP contribution in [0.2, 0.25) is 0 Å². The standard InChI is InChI=1S/C25H22N2O/c1-25(17-8-7-9-18(14-17)28-2,21-15-26-23-12-5-3-10-19(21)23)22-16-27-24-13-6-4-11-20(22)24/h3-16,26-27H,1-2H3. The molecule has 3 heteroatoms. The molecule has 0 aliphatic carbocycles. The van der Waals surface area contributed by atoms with Gasteiger partial charge >= 0.3 is 0 Å². The van der Waals surface area contributed by atoms with E-state index in [0.29, 0.717) is 0 Å². The van der Waals surface area contributed by atoms with Crippen molar-refractivity contribution in [3.63, 3.8) is 0 Å². The van der Waals surface area contributed by atoms with Gasteiger partial charge in [-0.1, -0.05) is 48.5 Å². The molecule has 3 aromatic carbocycles. The van der Waals surface area contributed by atoms with E-state index in [2.05, 4.69) is 96.0 Å². The zero-order valence-electron chi connectivity index (χ0n) is 16.0. The van der Waals surface area contributed by atoms with Gasteiger partial charge in [-0.3, -0.25) is 0 Å². The first-order valence-electron chi connectivity index (χ1n) is 9.49. The first kappa shape index (κ1) is 16.7. The van der Waals surface area contributed by atoms with Crippen molar-refractivity contribution in [2.75, 3.05) is 7.11 Å². The minimum Gasteiger partial charge on any atom is -0.497 e. The Hall–Kier alpha value is -3.46. The van der Waals surface area contributed by atoms with Crippen molar-refractivity contribution in [1.29, 1.82) is 0 Å². The van der Waals surface area contributed by atoms with Gasteiger partial charge in [0.25, 0.3) is 0 Å². The monoisotopic (exact) mass is 366 g/mol. The van der Waals surface area contributed by atoms with Crippen LogP contribution in [0.1, 0.15) is 23.6 Å². The third-order valence-electron chi connectivity index (χ3n) is 5.90. The number of aromatic amines is 2. The third-order valence-corrected chi connectivity index (χ3v) is 5.90. The van der Waals surface area contributed by atoms with Crippen LogP contribution in [-0.4, -0.2) is 17.1 Å². The molecule has 2 heterocycles. The first-order valence-corrected chi connectivity index (χ1v) is 9.49. The van der Waals surface area contributed by atoms with E-state index in [1.54, 1.807) is 7.11 Å². The van der Waals surface area contributed by atoms with Crippen LogP contribution in [0.15, 0.2) is 85.2 Å². The number of rotatable bonds is 4. The number of methoxy groups -OCH3 is 1. The molecule has 0 unspecified atom stereocenters. The molecule has 0 bridgehead atoms. The maximum Gasteiger partial charge on any atom is 0.119 e. The van der Waals surface area contributed by atoms with E-state index in [1.807, 2.05) is 6.07 Å². The number of fused-ring (bicyclic) bond motifs is 2. The van der Waals surface area contributed by atoms with Crippen molar-refractivity contribution >= 4 is 21.8 Å². The number of ether oxygens (including phenoxy) is 1. The van der Waals surface area contributed by atoms with Crippen molar-refractivity contribution in [3.05, 3.63) is 102 Å². The van der Waals surface area contributed by atoms with Crippen LogP contribution in [0.4, 0.5) is 0 Å². The average molecular weight is 366 g/mol. The molecule has 3 nitrogen and oxygen atoms in total. The second kappa shape index (κ2) is 6.31. The molecule has 0 radical (unpaired) electrons. The van der Waals surface area contributed by atoms with Gasteiger partial charge < -0.3 is 14.7 Å². The second-order valence-electron chi connectivity index (χ2n) is 7.35. The predicted octanol–water partition coefficient (Wildman–Crippen LogP) is 6.01. The van der Waals surface area contributed by atoms with Gasteiger partial charge in [-0.25, -0.2) is 0 Å². The molecule has 5 rings (SSSR count). The molecule has 0 spiro atoms. The number of benzene rings is 3. The lowest BCUT2D eigenvalue weighted by molar-refractivity contribution is 0.413. The molecule has 138 valence electrons. The van der Waals surface area contributed by atoms with Crippen LogP contribution in [0, 0.1) is 0 Å². The van der Waals surface area contributed by atoms with Crippen LogP contribution in [-0.2, 0) is 5.41 Å². The summed E-state index contributed by atoms with van der Waals surface area (Å²) >= 11 is 0. The van der Waals surface area contributed by atoms with Crippen molar-refractivity contribution in [2.24, 2.45) is 0 Å². The molecule has 0 amide bonds. The fourth-order valence-electron chi connectivity index (χ4n) is 4.36. The number of hydrogen-bond donors (Lipinski definition) is 2. The Kier molecular flexibility index (Phi) is 3.76. The third kappa shape index (κ3) is 2.36. The molecule has 5 aromatic rings. The van der Waals surface area contributed by atoms with Crippen molar-refractivity contribution in [1.82, 2.24) is 9.97 Å². The summed E-state index contributed by atoms with van der Waals surface area (Å²) in [6.07, 6.45) is 4.29. The molecule has 0 fully saturated rings. The lowest BCUT2D eigenvalue weighted by atomic mass is 9.71. The Bertz CT molecular complexity index is 1200. The number of hydrogen-bond acceptors (Lipinski definition) is 1. The number of para-hydroxylation sites is 2. The molecule has 2 aromatic heterocycles. The van der Waals surface area contributed by atoms with Crippen molar-refractivity contribution < 1.29 is 4.74 Å². The maximum atomic E-state index is 5.54. The zero-order valence-corrected chi connectivity index (χ0v) is 16.0. The van der Waals surface area contributed by atoms with Gasteiger partial charge in [-0.2, -0.15) is 0 Å². The smallest absolute Gasteiger partial charge is 0.119 e. The highest BCUT2D eigenvalue weighted by Gasteiger charge is 2.35. The number of nitrogens with one attached hydrogen (secondary N) is 2. The molecular formula is C25H22N2O. The van der Waals surface area contributed by atoms with E-state index in [4.69, 9.17) is 4.74 Å². The molecular weight excluding hydrogens is 344 g/mol. The molecule has 0 aliphatic heterocycles. The molecule has 28 heavy (non-hydrogen) atoms. The summed E-state index contributed by atoms with van der Waals surface area (Å²) in [7, 11) is 1.72. The quantitative estimate of drug-likeness (QED) is 0.402. The largest absolute Gasteiger partial charge is 0.497 e. The SMILES string of the molecule is COc1cccc(C(C)(c2c[nH]c3ccccc23)c2c[nH]c3ccccc23)c1. The Balaban J connectivity index is 1.87. The minimum absolute atomic E-state index is 0.353. The van der Waals surface area contributed by atoms with E-state index < -0.39 is 0 Å². The summed E-state index contributed by atoms with van der Waals surface area (Å²) in [5.41, 5.74) is 5.63. The van der Waals surface area contributed by atoms with Crippen LogP contribution >= 0.6 is 0 Å². The summed E-state index contributed by atoms with van der Waals surface area (Å²) < 4.78 is 5.54. The number of aromatic nitrogens is 2. The van der Waals surface area contributed by atoms with Crippen LogP contribution < -0.4 is 4.74 Å². The topological polar surface area (TPSA) is 40.8 Å². The van der Waals surface area contributed by atoms with E-state index in [1.165, 1.54) is 27.5 Å². The van der Waals surface area contributed by atoms with Gasteiger partial charge in [-0.05, 0) is 47.9 Å². The first-order chi connectivity index (χ1) is 13.7. The highest BCUT2D eigenvalue weighted by atomic mass is 16.5. The summed E-state index contributed by atoms with van der Waals surface area (Å²) in [5.74, 6) is 0.864. The Morgan fingerprint density at radius 2 is 1.29 bits per heavy atom. The summed E-state index contributed by atoms with van der Waals surface area (Å²) in [6, 6.07) is 25.3. The highest BCUT2D eigenvalue weighted by Crippen LogP contribution is 2.45.